The summed E-state index contributed by atoms with van der Waals surface area (Å²) in [6.45, 7) is 2.14. The zero-order chi connectivity index (χ0) is 13.0. The van der Waals surface area contributed by atoms with Crippen LogP contribution in [0.4, 0.5) is 5.69 Å². The van der Waals surface area contributed by atoms with Crippen LogP contribution in [0, 0.1) is 0 Å². The van der Waals surface area contributed by atoms with E-state index in [4.69, 9.17) is 23.2 Å². The average molecular weight is 280 g/mol. The predicted octanol–water partition coefficient (Wildman–Crippen LogP) is 5.56. The summed E-state index contributed by atoms with van der Waals surface area (Å²) in [4.78, 5) is 0. The molecule has 0 saturated carbocycles. The lowest BCUT2D eigenvalue weighted by molar-refractivity contribution is 0.749. The van der Waals surface area contributed by atoms with Crippen LogP contribution in [0.5, 0.6) is 0 Å². The van der Waals surface area contributed by atoms with Crippen LogP contribution in [-0.2, 0) is 0 Å². The molecular formula is C15H15Cl2N. The zero-order valence-corrected chi connectivity index (χ0v) is 11.7. The lowest BCUT2D eigenvalue weighted by Gasteiger charge is -2.19. The van der Waals surface area contributed by atoms with Crippen molar-refractivity contribution in [2.45, 2.75) is 19.4 Å². The highest BCUT2D eigenvalue weighted by molar-refractivity contribution is 6.35. The van der Waals surface area contributed by atoms with Gasteiger partial charge in [0.25, 0.3) is 0 Å². The summed E-state index contributed by atoms with van der Waals surface area (Å²) in [7, 11) is 0. The molecule has 94 valence electrons. The first-order valence-corrected chi connectivity index (χ1v) is 6.73. The molecule has 3 heteroatoms. The van der Waals surface area contributed by atoms with Gasteiger partial charge in [0.2, 0.25) is 0 Å². The Morgan fingerprint density at radius 2 is 1.78 bits per heavy atom. The van der Waals surface area contributed by atoms with Gasteiger partial charge in [-0.05, 0) is 30.2 Å². The largest absolute Gasteiger partial charge is 0.377 e. The van der Waals surface area contributed by atoms with E-state index in [1.807, 2.05) is 30.3 Å². The molecule has 0 aliphatic carbocycles. The minimum absolute atomic E-state index is 0.238. The highest BCUT2D eigenvalue weighted by atomic mass is 35.5. The third-order valence-electron chi connectivity index (χ3n) is 2.87. The summed E-state index contributed by atoms with van der Waals surface area (Å²) >= 11 is 12.2. The summed E-state index contributed by atoms with van der Waals surface area (Å²) in [5.41, 5.74) is 2.12. The van der Waals surface area contributed by atoms with Crippen molar-refractivity contribution in [3.8, 4) is 0 Å². The van der Waals surface area contributed by atoms with Crippen molar-refractivity contribution in [3.05, 3.63) is 64.1 Å². The van der Waals surface area contributed by atoms with E-state index >= 15 is 0 Å². The van der Waals surface area contributed by atoms with Crippen molar-refractivity contribution < 1.29 is 0 Å². The Bertz CT molecular complexity index is 511. The van der Waals surface area contributed by atoms with Crippen molar-refractivity contribution in [1.29, 1.82) is 0 Å². The molecule has 1 nitrogen and oxygen atoms in total. The van der Waals surface area contributed by atoms with E-state index in [0.29, 0.717) is 10.0 Å². The highest BCUT2D eigenvalue weighted by Crippen LogP contribution is 2.30. The minimum Gasteiger partial charge on any atom is -0.377 e. The molecule has 2 rings (SSSR count). The molecule has 0 heterocycles. The van der Waals surface area contributed by atoms with E-state index in [-0.39, 0.29) is 6.04 Å². The van der Waals surface area contributed by atoms with Gasteiger partial charge in [0.1, 0.15) is 0 Å². The van der Waals surface area contributed by atoms with Crippen LogP contribution in [0.25, 0.3) is 0 Å². The number of halogens is 2. The molecule has 0 aliphatic heterocycles. The Hall–Kier alpha value is -1.18. The van der Waals surface area contributed by atoms with E-state index < -0.39 is 0 Å². The molecule has 0 aliphatic rings. The van der Waals surface area contributed by atoms with Gasteiger partial charge in [-0.15, -0.1) is 0 Å². The lowest BCUT2D eigenvalue weighted by atomic mass is 10.0. The molecule has 1 unspecified atom stereocenters. The average Bonchev–Trinajstić information content (AvgIpc) is 2.41. The summed E-state index contributed by atoms with van der Waals surface area (Å²) < 4.78 is 0. The van der Waals surface area contributed by atoms with Gasteiger partial charge in [-0.2, -0.15) is 0 Å². The smallest absolute Gasteiger partial charge is 0.0638 e. The maximum atomic E-state index is 6.16. The Balaban J connectivity index is 2.23. The molecule has 0 amide bonds. The van der Waals surface area contributed by atoms with Gasteiger partial charge in [0, 0.05) is 5.02 Å². The van der Waals surface area contributed by atoms with Crippen LogP contribution in [0.15, 0.2) is 48.5 Å². The fraction of sp³-hybridized carbons (Fsp3) is 0.200. The second-order valence-corrected chi connectivity index (χ2v) is 4.98. The molecule has 0 bridgehead atoms. The van der Waals surface area contributed by atoms with Crippen LogP contribution in [-0.4, -0.2) is 0 Å². The van der Waals surface area contributed by atoms with Crippen molar-refractivity contribution in [2.24, 2.45) is 0 Å². The fourth-order valence-electron chi connectivity index (χ4n) is 1.90. The molecular weight excluding hydrogens is 265 g/mol. The summed E-state index contributed by atoms with van der Waals surface area (Å²) in [6.07, 6.45) is 0.979. The molecule has 2 aromatic rings. The monoisotopic (exact) mass is 279 g/mol. The number of hydrogen-bond donors (Lipinski definition) is 1. The Labute approximate surface area is 118 Å². The van der Waals surface area contributed by atoms with Gasteiger partial charge in [0.05, 0.1) is 16.8 Å². The van der Waals surface area contributed by atoms with Gasteiger partial charge in [-0.3, -0.25) is 0 Å². The molecule has 0 fully saturated rings. The third kappa shape index (κ3) is 3.18. The molecule has 0 saturated heterocycles. The lowest BCUT2D eigenvalue weighted by Crippen LogP contribution is -2.09. The number of anilines is 1. The molecule has 18 heavy (non-hydrogen) atoms. The third-order valence-corrected chi connectivity index (χ3v) is 3.43. The molecule has 0 radical (unpaired) electrons. The first-order chi connectivity index (χ1) is 8.70. The van der Waals surface area contributed by atoms with Gasteiger partial charge < -0.3 is 5.32 Å². The van der Waals surface area contributed by atoms with Crippen LogP contribution in [0.3, 0.4) is 0 Å². The fourth-order valence-corrected chi connectivity index (χ4v) is 2.25. The number of hydrogen-bond acceptors (Lipinski definition) is 1. The van der Waals surface area contributed by atoms with Crippen LogP contribution < -0.4 is 5.32 Å². The summed E-state index contributed by atoms with van der Waals surface area (Å²) in [6, 6.07) is 16.0. The zero-order valence-electron chi connectivity index (χ0n) is 10.2. The van der Waals surface area contributed by atoms with Gasteiger partial charge >= 0.3 is 0 Å². The Morgan fingerprint density at radius 1 is 1.06 bits per heavy atom. The van der Waals surface area contributed by atoms with Gasteiger partial charge in [0.15, 0.2) is 0 Å². The van der Waals surface area contributed by atoms with Gasteiger partial charge in [-0.1, -0.05) is 60.5 Å². The molecule has 0 spiro atoms. The topological polar surface area (TPSA) is 12.0 Å². The molecule has 0 aromatic heterocycles. The maximum absolute atomic E-state index is 6.16. The predicted molar refractivity (Wildman–Crippen MR) is 79.6 cm³/mol. The van der Waals surface area contributed by atoms with E-state index in [9.17, 15) is 0 Å². The Morgan fingerprint density at radius 3 is 2.44 bits per heavy atom. The second kappa shape index (κ2) is 6.12. The quantitative estimate of drug-likeness (QED) is 0.773. The second-order valence-electron chi connectivity index (χ2n) is 4.14. The van der Waals surface area contributed by atoms with E-state index in [2.05, 4.69) is 24.4 Å². The van der Waals surface area contributed by atoms with Crippen molar-refractivity contribution in [3.63, 3.8) is 0 Å². The Kier molecular flexibility index (Phi) is 4.51. The number of nitrogens with one attached hydrogen (secondary N) is 1. The maximum Gasteiger partial charge on any atom is 0.0638 e. The molecule has 1 N–H and O–H groups in total. The normalized spacial score (nSPS) is 12.2. The van der Waals surface area contributed by atoms with Crippen molar-refractivity contribution >= 4 is 28.9 Å². The summed E-state index contributed by atoms with van der Waals surface area (Å²) in [5.74, 6) is 0. The van der Waals surface area contributed by atoms with Crippen molar-refractivity contribution in [2.75, 3.05) is 5.32 Å². The van der Waals surface area contributed by atoms with Crippen molar-refractivity contribution in [1.82, 2.24) is 0 Å². The van der Waals surface area contributed by atoms with E-state index in [1.54, 1.807) is 6.07 Å². The number of rotatable bonds is 4. The SMILES string of the molecule is CCC(Nc1cc(Cl)ccc1Cl)c1ccccc1. The first kappa shape index (κ1) is 13.3. The van der Waals surface area contributed by atoms with Gasteiger partial charge in [-0.25, -0.2) is 0 Å². The highest BCUT2D eigenvalue weighted by Gasteiger charge is 2.10. The molecule has 2 aromatic carbocycles. The first-order valence-electron chi connectivity index (χ1n) is 5.97. The standard InChI is InChI=1S/C15H15Cl2N/c1-2-14(11-6-4-3-5-7-11)18-15-10-12(16)8-9-13(15)17/h3-10,14,18H,2H2,1H3. The van der Waals surface area contributed by atoms with Crippen LogP contribution in [0.2, 0.25) is 10.0 Å². The molecule has 1 atom stereocenters. The number of benzene rings is 2. The summed E-state index contributed by atoms with van der Waals surface area (Å²) in [5, 5.41) is 4.81. The van der Waals surface area contributed by atoms with E-state index in [1.165, 1.54) is 5.56 Å². The minimum atomic E-state index is 0.238. The van der Waals surface area contributed by atoms with Crippen LogP contribution in [0.1, 0.15) is 24.9 Å². The van der Waals surface area contributed by atoms with E-state index in [0.717, 1.165) is 12.1 Å². The van der Waals surface area contributed by atoms with Crippen LogP contribution >= 0.6 is 23.2 Å².